The average Bonchev–Trinajstić information content (AvgIpc) is 3.06. The molecule has 1 aromatic carbocycles. The summed E-state index contributed by atoms with van der Waals surface area (Å²) in [6.07, 6.45) is -0.589. The first-order valence-corrected chi connectivity index (χ1v) is 9.39. The van der Waals surface area contributed by atoms with Gasteiger partial charge in [-0.05, 0) is 31.5 Å². The van der Waals surface area contributed by atoms with Gasteiger partial charge in [-0.3, -0.25) is 4.98 Å². The van der Waals surface area contributed by atoms with Crippen LogP contribution >= 0.6 is 11.3 Å². The van der Waals surface area contributed by atoms with E-state index in [9.17, 15) is 18.3 Å². The lowest BCUT2D eigenvalue weighted by molar-refractivity contribution is -0.136. The lowest BCUT2D eigenvalue weighted by Crippen LogP contribution is -2.28. The highest BCUT2D eigenvalue weighted by molar-refractivity contribution is 7.19. The van der Waals surface area contributed by atoms with Gasteiger partial charge in [0.25, 0.3) is 0 Å². The molecule has 1 unspecified atom stereocenters. The maximum absolute atomic E-state index is 13.3. The zero-order valence-electron chi connectivity index (χ0n) is 14.9. The zero-order chi connectivity index (χ0) is 19.7. The van der Waals surface area contributed by atoms with Gasteiger partial charge in [0.15, 0.2) is 0 Å². The Labute approximate surface area is 158 Å². The third kappa shape index (κ3) is 3.64. The monoisotopic (exact) mass is 396 g/mol. The number of nitrogens with zero attached hydrogens (tertiary/aromatic N) is 2. The largest absolute Gasteiger partial charge is 0.493 e. The molecule has 0 amide bonds. The molecular weight excluding hydrogens is 377 g/mol. The zero-order valence-corrected chi connectivity index (χ0v) is 15.7. The van der Waals surface area contributed by atoms with Gasteiger partial charge in [0.05, 0.1) is 28.0 Å². The Balaban J connectivity index is 2.21. The number of ether oxygens (including phenoxy) is 1. The van der Waals surface area contributed by atoms with Crippen LogP contribution in [-0.2, 0) is 11.8 Å². The Morgan fingerprint density at radius 3 is 2.59 bits per heavy atom. The van der Waals surface area contributed by atoms with Crippen molar-refractivity contribution in [2.45, 2.75) is 38.5 Å². The van der Waals surface area contributed by atoms with Crippen molar-refractivity contribution in [2.24, 2.45) is 0 Å². The molecule has 2 heterocycles. The van der Waals surface area contributed by atoms with Crippen molar-refractivity contribution in [1.82, 2.24) is 9.97 Å². The molecule has 3 rings (SSSR count). The minimum atomic E-state index is -4.49. The Kier molecular flexibility index (Phi) is 5.39. The van der Waals surface area contributed by atoms with Crippen LogP contribution in [0.4, 0.5) is 13.2 Å². The molecular formula is C19H19F3N2O2S. The number of pyridine rings is 1. The minimum Gasteiger partial charge on any atom is -0.493 e. The quantitative estimate of drug-likeness (QED) is 0.626. The summed E-state index contributed by atoms with van der Waals surface area (Å²) in [5, 5.41) is 11.7. The number of aromatic nitrogens is 2. The summed E-state index contributed by atoms with van der Waals surface area (Å²) in [6, 6.07) is 5.50. The average molecular weight is 396 g/mol. The summed E-state index contributed by atoms with van der Waals surface area (Å²) in [7, 11) is 0. The SMILES string of the molecule is CCCC(O)(c1nc2cccc(C(F)(F)F)c2s1)c1cnccc1OCC. The highest BCUT2D eigenvalue weighted by Crippen LogP contribution is 2.44. The summed E-state index contributed by atoms with van der Waals surface area (Å²) >= 11 is 0.855. The second-order valence-corrected chi connectivity index (χ2v) is 7.08. The maximum Gasteiger partial charge on any atom is 0.417 e. The lowest BCUT2D eigenvalue weighted by atomic mass is 9.90. The molecule has 0 saturated carbocycles. The van der Waals surface area contributed by atoms with Crippen LogP contribution in [0.25, 0.3) is 10.2 Å². The van der Waals surface area contributed by atoms with Gasteiger partial charge in [-0.15, -0.1) is 11.3 Å². The maximum atomic E-state index is 13.3. The van der Waals surface area contributed by atoms with E-state index in [0.29, 0.717) is 24.3 Å². The minimum absolute atomic E-state index is 0.0105. The molecule has 1 atom stereocenters. The number of hydrogen-bond donors (Lipinski definition) is 1. The molecule has 2 aromatic heterocycles. The number of rotatable bonds is 6. The molecule has 144 valence electrons. The molecule has 4 nitrogen and oxygen atoms in total. The molecule has 0 radical (unpaired) electrons. The number of hydrogen-bond acceptors (Lipinski definition) is 5. The van der Waals surface area contributed by atoms with Crippen LogP contribution < -0.4 is 4.74 Å². The van der Waals surface area contributed by atoms with Gasteiger partial charge >= 0.3 is 6.18 Å². The van der Waals surface area contributed by atoms with E-state index >= 15 is 0 Å². The topological polar surface area (TPSA) is 55.2 Å². The molecule has 0 aliphatic heterocycles. The molecule has 0 bridgehead atoms. The van der Waals surface area contributed by atoms with E-state index in [1.165, 1.54) is 18.3 Å². The van der Waals surface area contributed by atoms with Gasteiger partial charge in [0.2, 0.25) is 0 Å². The summed E-state index contributed by atoms with van der Waals surface area (Å²) in [4.78, 5) is 8.41. The Morgan fingerprint density at radius 1 is 1.15 bits per heavy atom. The van der Waals surface area contributed by atoms with Crippen LogP contribution in [0.5, 0.6) is 5.75 Å². The fourth-order valence-corrected chi connectivity index (χ4v) is 4.27. The molecule has 0 saturated heterocycles. The second kappa shape index (κ2) is 7.44. The van der Waals surface area contributed by atoms with Gasteiger partial charge in [-0.1, -0.05) is 19.4 Å². The molecule has 0 spiro atoms. The lowest BCUT2D eigenvalue weighted by Gasteiger charge is -2.27. The molecule has 3 aromatic rings. The number of halogens is 3. The van der Waals surface area contributed by atoms with E-state index in [-0.39, 0.29) is 21.6 Å². The predicted molar refractivity (Wildman–Crippen MR) is 97.9 cm³/mol. The Morgan fingerprint density at radius 2 is 1.93 bits per heavy atom. The van der Waals surface area contributed by atoms with Crippen molar-refractivity contribution in [3.05, 3.63) is 52.8 Å². The van der Waals surface area contributed by atoms with Crippen molar-refractivity contribution in [2.75, 3.05) is 6.61 Å². The smallest absolute Gasteiger partial charge is 0.417 e. The van der Waals surface area contributed by atoms with Gasteiger partial charge in [-0.25, -0.2) is 4.98 Å². The van der Waals surface area contributed by atoms with Crippen LogP contribution in [-0.4, -0.2) is 21.7 Å². The van der Waals surface area contributed by atoms with Crippen LogP contribution in [0, 0.1) is 0 Å². The summed E-state index contributed by atoms with van der Waals surface area (Å²) < 4.78 is 45.6. The highest BCUT2D eigenvalue weighted by Gasteiger charge is 2.39. The first kappa shape index (κ1) is 19.6. The Hall–Kier alpha value is -2.19. The molecule has 8 heteroatoms. The van der Waals surface area contributed by atoms with E-state index in [4.69, 9.17) is 4.74 Å². The van der Waals surface area contributed by atoms with Gasteiger partial charge in [0, 0.05) is 12.4 Å². The molecule has 0 fully saturated rings. The standard InChI is InChI=1S/C19H19F3N2O2S/c1-3-9-18(25,13-11-23-10-8-15(13)26-4-2)17-24-14-7-5-6-12(16(14)27-17)19(20,21)22/h5-8,10-11,25H,3-4,9H2,1-2H3. The van der Waals surface area contributed by atoms with E-state index in [1.54, 1.807) is 12.3 Å². The van der Waals surface area contributed by atoms with E-state index in [0.717, 1.165) is 17.4 Å². The van der Waals surface area contributed by atoms with E-state index in [1.807, 2.05) is 13.8 Å². The molecule has 0 aliphatic rings. The predicted octanol–water partition coefficient (Wildman–Crippen LogP) is 5.14. The van der Waals surface area contributed by atoms with Gasteiger partial charge < -0.3 is 9.84 Å². The van der Waals surface area contributed by atoms with Crippen LogP contribution in [0.1, 0.15) is 42.8 Å². The summed E-state index contributed by atoms with van der Waals surface area (Å²) in [6.45, 7) is 4.09. The third-order valence-corrected chi connectivity index (χ3v) is 5.47. The summed E-state index contributed by atoms with van der Waals surface area (Å²) in [5.41, 5.74) is -1.72. The Bertz CT molecular complexity index is 942. The fourth-order valence-electron chi connectivity index (χ4n) is 3.04. The second-order valence-electron chi connectivity index (χ2n) is 6.09. The van der Waals surface area contributed by atoms with Crippen molar-refractivity contribution in [3.8, 4) is 5.75 Å². The normalized spacial score (nSPS) is 14.3. The van der Waals surface area contributed by atoms with E-state index < -0.39 is 17.3 Å². The van der Waals surface area contributed by atoms with Crippen molar-refractivity contribution < 1.29 is 23.0 Å². The first-order valence-electron chi connectivity index (χ1n) is 8.58. The van der Waals surface area contributed by atoms with Crippen molar-refractivity contribution >= 4 is 21.6 Å². The van der Waals surface area contributed by atoms with Crippen LogP contribution in [0.2, 0.25) is 0 Å². The third-order valence-electron chi connectivity index (χ3n) is 4.21. The highest BCUT2D eigenvalue weighted by atomic mass is 32.1. The van der Waals surface area contributed by atoms with Gasteiger partial charge in [-0.2, -0.15) is 13.2 Å². The number of alkyl halides is 3. The van der Waals surface area contributed by atoms with Crippen molar-refractivity contribution in [3.63, 3.8) is 0 Å². The van der Waals surface area contributed by atoms with Crippen molar-refractivity contribution in [1.29, 1.82) is 0 Å². The first-order chi connectivity index (χ1) is 12.8. The molecule has 1 N–H and O–H groups in total. The van der Waals surface area contributed by atoms with Gasteiger partial charge in [0.1, 0.15) is 16.4 Å². The number of thiazole rings is 1. The van der Waals surface area contributed by atoms with Crippen LogP contribution in [0.15, 0.2) is 36.7 Å². The number of aliphatic hydroxyl groups is 1. The van der Waals surface area contributed by atoms with E-state index in [2.05, 4.69) is 9.97 Å². The number of benzene rings is 1. The summed E-state index contributed by atoms with van der Waals surface area (Å²) in [5.74, 6) is 0.443. The van der Waals surface area contributed by atoms with Crippen LogP contribution in [0.3, 0.4) is 0 Å². The molecule has 27 heavy (non-hydrogen) atoms. The fraction of sp³-hybridized carbons (Fsp3) is 0.368. The molecule has 0 aliphatic carbocycles. The number of fused-ring (bicyclic) bond motifs is 1.